The highest BCUT2D eigenvalue weighted by Crippen LogP contribution is 2.12. The normalized spacial score (nSPS) is 11.8. The second kappa shape index (κ2) is 8.51. The molecule has 0 radical (unpaired) electrons. The molecule has 1 amide bonds. The summed E-state index contributed by atoms with van der Waals surface area (Å²) in [6.45, 7) is 4.71. The Morgan fingerprint density at radius 2 is 2.11 bits per heavy atom. The van der Waals surface area contributed by atoms with Crippen molar-refractivity contribution < 1.29 is 4.79 Å². The fourth-order valence-electron chi connectivity index (χ4n) is 1.68. The van der Waals surface area contributed by atoms with E-state index < -0.39 is 0 Å². The predicted octanol–water partition coefficient (Wildman–Crippen LogP) is 2.97. The van der Waals surface area contributed by atoms with Crippen LogP contribution in [-0.4, -0.2) is 18.5 Å². The van der Waals surface area contributed by atoms with Crippen LogP contribution in [0, 0.1) is 5.92 Å². The Morgan fingerprint density at radius 3 is 2.61 bits per heavy atom. The number of hydrogen-bond acceptors (Lipinski definition) is 2. The van der Waals surface area contributed by atoms with Crippen molar-refractivity contribution >= 4 is 34.2 Å². The second-order valence-electron chi connectivity index (χ2n) is 4.55. The summed E-state index contributed by atoms with van der Waals surface area (Å²) in [5.41, 5.74) is 6.31. The number of carbonyl (C=O) groups is 1. The molecule has 0 aliphatic carbocycles. The van der Waals surface area contributed by atoms with Gasteiger partial charge in [0, 0.05) is 22.6 Å². The van der Waals surface area contributed by atoms with Crippen LogP contribution in [0.3, 0.4) is 0 Å². The van der Waals surface area contributed by atoms with Gasteiger partial charge in [0.15, 0.2) is 0 Å². The van der Waals surface area contributed by atoms with Crippen molar-refractivity contribution in [2.45, 2.75) is 26.3 Å². The van der Waals surface area contributed by atoms with Gasteiger partial charge < -0.3 is 11.1 Å². The highest BCUT2D eigenvalue weighted by molar-refractivity contribution is 9.10. The first-order chi connectivity index (χ1) is 8.02. The lowest BCUT2D eigenvalue weighted by Crippen LogP contribution is -2.41. The molecule has 0 saturated heterocycles. The van der Waals surface area contributed by atoms with Crippen LogP contribution in [-0.2, 0) is 0 Å². The molecule has 3 nitrogen and oxygen atoms in total. The molecule has 1 aromatic rings. The lowest BCUT2D eigenvalue weighted by Gasteiger charge is -2.18. The Kier molecular flexibility index (Phi) is 8.24. The standard InChI is InChI=1S/C13H19BrN2O.ClH/c1-9(2)6-12(8-15)16-13(17)10-4-3-5-11(14)7-10;/h3-5,7,9,12H,6,8,15H2,1-2H3,(H,16,17);1H. The van der Waals surface area contributed by atoms with E-state index in [9.17, 15) is 4.79 Å². The molecule has 1 aromatic carbocycles. The highest BCUT2D eigenvalue weighted by atomic mass is 79.9. The van der Waals surface area contributed by atoms with E-state index in [1.165, 1.54) is 0 Å². The van der Waals surface area contributed by atoms with Gasteiger partial charge in [0.1, 0.15) is 0 Å². The molecule has 1 unspecified atom stereocenters. The van der Waals surface area contributed by atoms with Crippen LogP contribution in [0.4, 0.5) is 0 Å². The van der Waals surface area contributed by atoms with Gasteiger partial charge in [-0.3, -0.25) is 4.79 Å². The summed E-state index contributed by atoms with van der Waals surface area (Å²) < 4.78 is 0.901. The first-order valence-electron chi connectivity index (χ1n) is 5.79. The topological polar surface area (TPSA) is 55.1 Å². The van der Waals surface area contributed by atoms with Gasteiger partial charge in [-0.25, -0.2) is 0 Å². The monoisotopic (exact) mass is 334 g/mol. The fourth-order valence-corrected chi connectivity index (χ4v) is 2.08. The zero-order valence-electron chi connectivity index (χ0n) is 10.7. The maximum atomic E-state index is 12.0. The minimum absolute atomic E-state index is 0. The molecule has 18 heavy (non-hydrogen) atoms. The van der Waals surface area contributed by atoms with Gasteiger partial charge in [-0.05, 0) is 30.5 Å². The molecule has 5 heteroatoms. The van der Waals surface area contributed by atoms with Gasteiger partial charge >= 0.3 is 0 Å². The van der Waals surface area contributed by atoms with E-state index in [2.05, 4.69) is 35.1 Å². The zero-order chi connectivity index (χ0) is 12.8. The Balaban J connectivity index is 0.00000289. The van der Waals surface area contributed by atoms with E-state index in [0.29, 0.717) is 18.0 Å². The molecule has 3 N–H and O–H groups in total. The summed E-state index contributed by atoms with van der Waals surface area (Å²) in [5.74, 6) is 0.453. The molecule has 0 aromatic heterocycles. The van der Waals surface area contributed by atoms with Crippen molar-refractivity contribution in [3.8, 4) is 0 Å². The molecule has 0 aliphatic rings. The van der Waals surface area contributed by atoms with E-state index in [4.69, 9.17) is 5.73 Å². The average Bonchev–Trinajstić information content (AvgIpc) is 2.27. The van der Waals surface area contributed by atoms with Crippen LogP contribution in [0.2, 0.25) is 0 Å². The average molecular weight is 336 g/mol. The second-order valence-corrected chi connectivity index (χ2v) is 5.46. The van der Waals surface area contributed by atoms with Gasteiger partial charge in [0.25, 0.3) is 5.91 Å². The first kappa shape index (κ1) is 17.4. The Labute approximate surface area is 123 Å². The Morgan fingerprint density at radius 1 is 1.44 bits per heavy atom. The van der Waals surface area contributed by atoms with E-state index in [1.807, 2.05) is 12.1 Å². The molecule has 0 saturated carbocycles. The predicted molar refractivity (Wildman–Crippen MR) is 81.2 cm³/mol. The van der Waals surface area contributed by atoms with Crippen LogP contribution in [0.5, 0.6) is 0 Å². The third-order valence-corrected chi connectivity index (χ3v) is 2.96. The summed E-state index contributed by atoms with van der Waals surface area (Å²) >= 11 is 3.35. The number of carbonyl (C=O) groups excluding carboxylic acids is 1. The third-order valence-electron chi connectivity index (χ3n) is 2.46. The molecule has 0 fully saturated rings. The van der Waals surface area contributed by atoms with Crippen LogP contribution < -0.4 is 11.1 Å². The molecule has 1 rings (SSSR count). The SMILES string of the molecule is CC(C)CC(CN)NC(=O)c1cccc(Br)c1.Cl. The van der Waals surface area contributed by atoms with Crippen molar-refractivity contribution in [3.05, 3.63) is 34.3 Å². The number of amides is 1. The van der Waals surface area contributed by atoms with Crippen LogP contribution >= 0.6 is 28.3 Å². The van der Waals surface area contributed by atoms with E-state index in [1.54, 1.807) is 12.1 Å². The van der Waals surface area contributed by atoms with Crippen molar-refractivity contribution in [1.82, 2.24) is 5.32 Å². The number of benzene rings is 1. The first-order valence-corrected chi connectivity index (χ1v) is 6.58. The summed E-state index contributed by atoms with van der Waals surface area (Å²) in [6.07, 6.45) is 0.899. The van der Waals surface area contributed by atoms with E-state index >= 15 is 0 Å². The lowest BCUT2D eigenvalue weighted by atomic mass is 10.0. The number of halogens is 2. The van der Waals surface area contributed by atoms with Gasteiger partial charge in [-0.1, -0.05) is 35.8 Å². The van der Waals surface area contributed by atoms with Gasteiger partial charge in [-0.15, -0.1) is 12.4 Å². The van der Waals surface area contributed by atoms with Crippen molar-refractivity contribution in [2.75, 3.05) is 6.54 Å². The molecular weight excluding hydrogens is 316 g/mol. The smallest absolute Gasteiger partial charge is 0.251 e. The van der Waals surface area contributed by atoms with Crippen LogP contribution in [0.15, 0.2) is 28.7 Å². The van der Waals surface area contributed by atoms with Gasteiger partial charge in [0.2, 0.25) is 0 Å². The Hall–Kier alpha value is -0.580. The maximum absolute atomic E-state index is 12.0. The van der Waals surface area contributed by atoms with Crippen molar-refractivity contribution in [3.63, 3.8) is 0 Å². The van der Waals surface area contributed by atoms with Gasteiger partial charge in [-0.2, -0.15) is 0 Å². The molecule has 0 heterocycles. The van der Waals surface area contributed by atoms with E-state index in [-0.39, 0.29) is 24.4 Å². The number of nitrogens with two attached hydrogens (primary N) is 1. The number of nitrogens with one attached hydrogen (secondary N) is 1. The van der Waals surface area contributed by atoms with Gasteiger partial charge in [0.05, 0.1) is 0 Å². The molecule has 1 atom stereocenters. The summed E-state index contributed by atoms with van der Waals surface area (Å²) in [6, 6.07) is 7.38. The molecule has 0 bridgehead atoms. The largest absolute Gasteiger partial charge is 0.348 e. The van der Waals surface area contributed by atoms with E-state index in [0.717, 1.165) is 10.9 Å². The summed E-state index contributed by atoms with van der Waals surface area (Å²) in [7, 11) is 0. The summed E-state index contributed by atoms with van der Waals surface area (Å²) in [4.78, 5) is 12.0. The Bertz CT molecular complexity index is 385. The highest BCUT2D eigenvalue weighted by Gasteiger charge is 2.13. The molecule has 0 spiro atoms. The fraction of sp³-hybridized carbons (Fsp3) is 0.462. The lowest BCUT2D eigenvalue weighted by molar-refractivity contribution is 0.0933. The van der Waals surface area contributed by atoms with Crippen LogP contribution in [0.1, 0.15) is 30.6 Å². The molecule has 102 valence electrons. The molecule has 0 aliphatic heterocycles. The third kappa shape index (κ3) is 5.85. The molecular formula is C13H20BrClN2O. The maximum Gasteiger partial charge on any atom is 0.251 e. The number of hydrogen-bond donors (Lipinski definition) is 2. The minimum atomic E-state index is -0.0672. The van der Waals surface area contributed by atoms with Crippen molar-refractivity contribution in [2.24, 2.45) is 11.7 Å². The minimum Gasteiger partial charge on any atom is -0.348 e. The van der Waals surface area contributed by atoms with Crippen molar-refractivity contribution in [1.29, 1.82) is 0 Å². The van der Waals surface area contributed by atoms with Crippen LogP contribution in [0.25, 0.3) is 0 Å². The quantitative estimate of drug-likeness (QED) is 0.869. The number of rotatable bonds is 5. The zero-order valence-corrected chi connectivity index (χ0v) is 13.1. The summed E-state index contributed by atoms with van der Waals surface area (Å²) in [5, 5.41) is 2.96.